The maximum Gasteiger partial charge on any atom is 0.460 e. The molecule has 0 aliphatic carbocycles. The molecule has 0 bridgehead atoms. The summed E-state index contributed by atoms with van der Waals surface area (Å²) in [6.07, 6.45) is -8.91. The summed E-state index contributed by atoms with van der Waals surface area (Å²) in [6, 6.07) is 4.21. The summed E-state index contributed by atoms with van der Waals surface area (Å²) in [5.74, 6) is -19.6. The normalized spacial score (nSPS) is 14.0. The second kappa shape index (κ2) is 6.00. The maximum absolute atomic E-state index is 13.1. The molecular weight excluding hydrogens is 347 g/mol. The highest BCUT2D eigenvalue weighted by Crippen LogP contribution is 2.53. The molecule has 23 heavy (non-hydrogen) atoms. The first kappa shape index (κ1) is 19.2. The minimum Gasteiger partial charge on any atom is -0.508 e. The van der Waals surface area contributed by atoms with Crippen molar-refractivity contribution in [3.8, 4) is 11.5 Å². The van der Waals surface area contributed by atoms with E-state index in [0.717, 1.165) is 24.3 Å². The van der Waals surface area contributed by atoms with Crippen LogP contribution < -0.4 is 4.74 Å². The Balaban J connectivity index is 2.79. The van der Waals surface area contributed by atoms with Crippen molar-refractivity contribution >= 4 is 0 Å². The van der Waals surface area contributed by atoms with E-state index in [-0.39, 0.29) is 11.5 Å². The first-order chi connectivity index (χ1) is 10.2. The Morgan fingerprint density at radius 2 is 1.26 bits per heavy atom. The lowest BCUT2D eigenvalue weighted by Gasteiger charge is -2.33. The molecule has 1 aromatic carbocycles. The van der Waals surface area contributed by atoms with Crippen LogP contribution in [0.1, 0.15) is 6.42 Å². The van der Waals surface area contributed by atoms with Crippen LogP contribution in [0, 0.1) is 0 Å². The average molecular weight is 356 g/mol. The third-order valence-electron chi connectivity index (χ3n) is 2.73. The molecule has 1 rings (SSSR count). The molecule has 0 aliphatic rings. The minimum absolute atomic E-state index is 0.176. The predicted octanol–water partition coefficient (Wildman–Crippen LogP) is 4.63. The Hall–Kier alpha value is -1.81. The summed E-state index contributed by atoms with van der Waals surface area (Å²) < 4.78 is 117. The molecule has 1 N–H and O–H groups in total. The van der Waals surface area contributed by atoms with E-state index in [9.17, 15) is 39.5 Å². The lowest BCUT2D eigenvalue weighted by molar-refractivity contribution is -0.397. The smallest absolute Gasteiger partial charge is 0.460 e. The molecule has 132 valence electrons. The van der Waals surface area contributed by atoms with Gasteiger partial charge in [-0.25, -0.2) is 0 Å². The molecule has 0 aliphatic heterocycles. The van der Waals surface area contributed by atoms with Crippen molar-refractivity contribution in [2.24, 2.45) is 0 Å². The van der Waals surface area contributed by atoms with Crippen molar-refractivity contribution < 1.29 is 49.4 Å². The van der Waals surface area contributed by atoms with Gasteiger partial charge in [0, 0.05) is 0 Å². The van der Waals surface area contributed by atoms with E-state index < -0.39 is 37.0 Å². The second-order valence-electron chi connectivity index (χ2n) is 4.44. The molecule has 0 unspecified atom stereocenters. The van der Waals surface area contributed by atoms with Crippen molar-refractivity contribution in [3.63, 3.8) is 0 Å². The van der Waals surface area contributed by atoms with Crippen LogP contribution in [-0.2, 0) is 0 Å². The summed E-state index contributed by atoms with van der Waals surface area (Å²) >= 11 is 0. The van der Waals surface area contributed by atoms with E-state index in [1.807, 2.05) is 0 Å². The van der Waals surface area contributed by atoms with E-state index in [2.05, 4.69) is 4.74 Å². The molecule has 1 aromatic rings. The molecule has 0 saturated carbocycles. The first-order valence-electron chi connectivity index (χ1n) is 5.84. The quantitative estimate of drug-likeness (QED) is 0.753. The van der Waals surface area contributed by atoms with E-state index in [0.29, 0.717) is 0 Å². The van der Waals surface area contributed by atoms with Crippen LogP contribution in [-0.4, -0.2) is 35.7 Å². The average Bonchev–Trinajstić information content (AvgIpc) is 2.39. The fourth-order valence-electron chi connectivity index (χ4n) is 1.40. The molecule has 11 heteroatoms. The fourth-order valence-corrected chi connectivity index (χ4v) is 1.40. The molecule has 0 aromatic heterocycles. The maximum atomic E-state index is 13.1. The highest BCUT2D eigenvalue weighted by Gasteiger charge is 2.81. The van der Waals surface area contributed by atoms with Gasteiger partial charge in [-0.2, -0.15) is 39.5 Å². The van der Waals surface area contributed by atoms with E-state index >= 15 is 0 Å². The topological polar surface area (TPSA) is 29.5 Å². The SMILES string of the molecule is Oc1ccc(OCCC(F)(F)C(F)(F)C(F)(F)C(F)(F)F)cc1. The van der Waals surface area contributed by atoms with Gasteiger partial charge in [0.05, 0.1) is 13.0 Å². The van der Waals surface area contributed by atoms with E-state index in [1.165, 1.54) is 0 Å². The molecular formula is C12H9F9O2. The van der Waals surface area contributed by atoms with Crippen LogP contribution in [0.4, 0.5) is 39.5 Å². The van der Waals surface area contributed by atoms with Crippen molar-refractivity contribution in [1.82, 2.24) is 0 Å². The Morgan fingerprint density at radius 1 is 0.783 bits per heavy atom. The molecule has 0 atom stereocenters. The molecule has 0 radical (unpaired) electrons. The number of alkyl halides is 9. The van der Waals surface area contributed by atoms with Gasteiger partial charge in [-0.05, 0) is 24.3 Å². The highest BCUT2D eigenvalue weighted by atomic mass is 19.4. The summed E-state index contributed by atoms with van der Waals surface area (Å²) in [7, 11) is 0. The number of phenolic OH excluding ortho intramolecular Hbond substituents is 1. The van der Waals surface area contributed by atoms with Gasteiger partial charge < -0.3 is 9.84 Å². The van der Waals surface area contributed by atoms with Crippen LogP contribution in [0.3, 0.4) is 0 Å². The number of halogens is 9. The van der Waals surface area contributed by atoms with Crippen LogP contribution >= 0.6 is 0 Å². The van der Waals surface area contributed by atoms with Gasteiger partial charge in [-0.15, -0.1) is 0 Å². The van der Waals surface area contributed by atoms with Crippen LogP contribution in [0.25, 0.3) is 0 Å². The van der Waals surface area contributed by atoms with Crippen LogP contribution in [0.2, 0.25) is 0 Å². The largest absolute Gasteiger partial charge is 0.508 e. The predicted molar refractivity (Wildman–Crippen MR) is 59.1 cm³/mol. The molecule has 0 spiro atoms. The summed E-state index contributed by atoms with van der Waals surface area (Å²) in [5, 5.41) is 8.92. The number of benzene rings is 1. The zero-order valence-corrected chi connectivity index (χ0v) is 11.0. The minimum atomic E-state index is -6.90. The third-order valence-corrected chi connectivity index (χ3v) is 2.73. The van der Waals surface area contributed by atoms with Crippen molar-refractivity contribution in [3.05, 3.63) is 24.3 Å². The molecule has 0 amide bonds. The van der Waals surface area contributed by atoms with Gasteiger partial charge in [-0.1, -0.05) is 0 Å². The van der Waals surface area contributed by atoms with Gasteiger partial charge in [0.2, 0.25) is 0 Å². The number of rotatable bonds is 6. The lowest BCUT2D eigenvalue weighted by atomic mass is 10.0. The molecule has 0 heterocycles. The number of hydrogen-bond acceptors (Lipinski definition) is 2. The van der Waals surface area contributed by atoms with Crippen LogP contribution in [0.5, 0.6) is 11.5 Å². The highest BCUT2D eigenvalue weighted by molar-refractivity contribution is 5.30. The fraction of sp³-hybridized carbons (Fsp3) is 0.500. The monoisotopic (exact) mass is 356 g/mol. The van der Waals surface area contributed by atoms with Gasteiger partial charge in [-0.3, -0.25) is 0 Å². The Kier molecular flexibility index (Phi) is 5.02. The van der Waals surface area contributed by atoms with Gasteiger partial charge in [0.25, 0.3) is 0 Å². The number of hydrogen-bond donors (Lipinski definition) is 1. The number of aromatic hydroxyl groups is 1. The summed E-state index contributed by atoms with van der Waals surface area (Å²) in [6.45, 7) is -1.25. The lowest BCUT2D eigenvalue weighted by Crippen LogP contribution is -2.61. The molecule has 0 fully saturated rings. The van der Waals surface area contributed by atoms with Crippen molar-refractivity contribution in [1.29, 1.82) is 0 Å². The summed E-state index contributed by atoms with van der Waals surface area (Å²) in [4.78, 5) is 0. The first-order valence-corrected chi connectivity index (χ1v) is 5.84. The Bertz CT molecular complexity index is 522. The van der Waals surface area contributed by atoms with Crippen molar-refractivity contribution in [2.45, 2.75) is 30.4 Å². The van der Waals surface area contributed by atoms with E-state index in [1.54, 1.807) is 0 Å². The second-order valence-corrected chi connectivity index (χ2v) is 4.44. The van der Waals surface area contributed by atoms with Crippen molar-refractivity contribution in [2.75, 3.05) is 6.61 Å². The Labute approximate surface area is 123 Å². The summed E-state index contributed by atoms with van der Waals surface area (Å²) in [5.41, 5.74) is 0. The zero-order chi connectivity index (χ0) is 18.1. The van der Waals surface area contributed by atoms with Gasteiger partial charge in [0.1, 0.15) is 11.5 Å². The zero-order valence-electron chi connectivity index (χ0n) is 11.0. The Morgan fingerprint density at radius 3 is 1.70 bits per heavy atom. The number of phenols is 1. The molecule has 2 nitrogen and oxygen atoms in total. The number of ether oxygens (including phenoxy) is 1. The van der Waals surface area contributed by atoms with Crippen LogP contribution in [0.15, 0.2) is 24.3 Å². The molecule has 0 saturated heterocycles. The third kappa shape index (κ3) is 3.75. The standard InChI is InChI=1S/C12H9F9O2/c13-9(14,10(15,16)11(17,18)12(19,20)21)5-6-23-8-3-1-7(22)2-4-8/h1-4,22H,5-6H2. The van der Waals surface area contributed by atoms with E-state index in [4.69, 9.17) is 5.11 Å². The van der Waals surface area contributed by atoms with Gasteiger partial charge in [0.15, 0.2) is 0 Å². The van der Waals surface area contributed by atoms with Gasteiger partial charge >= 0.3 is 23.9 Å².